The first-order valence-corrected chi connectivity index (χ1v) is 15.2. The second-order valence-electron chi connectivity index (χ2n) is 12.4. The number of rotatable bonds is 14. The zero-order valence-corrected chi connectivity index (χ0v) is 26.8. The van der Waals surface area contributed by atoms with Crippen LogP contribution in [-0.2, 0) is 20.7 Å². The fourth-order valence-electron chi connectivity index (χ4n) is 4.78. The van der Waals surface area contributed by atoms with E-state index in [0.717, 1.165) is 24.8 Å². The average molecular weight is 592 g/mol. The maximum Gasteiger partial charge on any atom is 0.408 e. The molecule has 2 aromatic rings. The van der Waals surface area contributed by atoms with E-state index >= 15 is 0 Å². The summed E-state index contributed by atoms with van der Waals surface area (Å²) in [5.74, 6) is 2.38. The van der Waals surface area contributed by atoms with Gasteiger partial charge < -0.3 is 25.4 Å². The molecule has 3 atom stereocenters. The molecule has 0 saturated carbocycles. The van der Waals surface area contributed by atoms with Crippen molar-refractivity contribution in [1.29, 1.82) is 0 Å². The molecule has 0 aliphatic carbocycles. The van der Waals surface area contributed by atoms with Crippen LogP contribution in [0.1, 0.15) is 96.9 Å². The number of hydrogen-bond acceptors (Lipinski definition) is 5. The lowest BCUT2D eigenvalue weighted by molar-refractivity contribution is -0.145. The number of unbranched alkanes of at least 4 members (excludes halogenated alkanes) is 1. The Kier molecular flexibility index (Phi) is 13.6. The lowest BCUT2D eigenvalue weighted by Gasteiger charge is -2.39. The topological polar surface area (TPSA) is 108 Å². The van der Waals surface area contributed by atoms with Crippen molar-refractivity contribution in [3.05, 3.63) is 65.2 Å². The molecule has 43 heavy (non-hydrogen) atoms. The van der Waals surface area contributed by atoms with Crippen molar-refractivity contribution in [2.24, 2.45) is 5.92 Å². The van der Waals surface area contributed by atoms with E-state index < -0.39 is 29.7 Å². The van der Waals surface area contributed by atoms with Crippen LogP contribution in [0.5, 0.6) is 5.75 Å². The highest BCUT2D eigenvalue weighted by Gasteiger charge is 2.39. The smallest absolute Gasteiger partial charge is 0.408 e. The number of nitrogens with zero attached hydrogens (tertiary/aromatic N) is 1. The second kappa shape index (κ2) is 16.6. The summed E-state index contributed by atoms with van der Waals surface area (Å²) >= 11 is 0. The van der Waals surface area contributed by atoms with Crippen molar-refractivity contribution >= 4 is 17.9 Å². The largest absolute Gasteiger partial charge is 0.508 e. The van der Waals surface area contributed by atoms with Gasteiger partial charge in [0.05, 0.1) is 0 Å². The van der Waals surface area contributed by atoms with Gasteiger partial charge in [-0.25, -0.2) is 4.79 Å². The molecule has 0 saturated heterocycles. The van der Waals surface area contributed by atoms with Gasteiger partial charge in [-0.2, -0.15) is 0 Å². The number of carbonyl (C=O) groups is 3. The minimum absolute atomic E-state index is 0.0883. The highest BCUT2D eigenvalue weighted by Crippen LogP contribution is 2.30. The molecule has 2 aromatic carbocycles. The summed E-state index contributed by atoms with van der Waals surface area (Å²) in [6, 6.07) is 11.1. The Morgan fingerprint density at radius 1 is 1.02 bits per heavy atom. The number of phenols is 1. The van der Waals surface area contributed by atoms with E-state index in [2.05, 4.69) is 30.4 Å². The number of carbonyl (C=O) groups excluding carboxylic acids is 3. The highest BCUT2D eigenvalue weighted by molar-refractivity contribution is 5.93. The van der Waals surface area contributed by atoms with Crippen LogP contribution in [0.3, 0.4) is 0 Å². The highest BCUT2D eigenvalue weighted by atomic mass is 16.6. The monoisotopic (exact) mass is 591 g/mol. The van der Waals surface area contributed by atoms with Gasteiger partial charge in [0.1, 0.15) is 23.4 Å². The van der Waals surface area contributed by atoms with Crippen LogP contribution in [0, 0.1) is 18.3 Å². The summed E-state index contributed by atoms with van der Waals surface area (Å²) in [6.07, 6.45) is 8.40. The molecular weight excluding hydrogens is 542 g/mol. The molecule has 0 aromatic heterocycles. The molecule has 0 spiro atoms. The molecule has 0 aliphatic heterocycles. The Hall–Kier alpha value is -3.99. The Balaban J connectivity index is 2.68. The fraction of sp³-hybridized carbons (Fsp3) is 0.514. The van der Waals surface area contributed by atoms with Crippen molar-refractivity contribution in [2.75, 3.05) is 6.54 Å². The van der Waals surface area contributed by atoms with Crippen LogP contribution >= 0.6 is 0 Å². The number of amides is 3. The van der Waals surface area contributed by atoms with Gasteiger partial charge in [0, 0.05) is 24.6 Å². The minimum atomic E-state index is -1.06. The van der Waals surface area contributed by atoms with Gasteiger partial charge in [0.15, 0.2) is 0 Å². The Bertz CT molecular complexity index is 1240. The van der Waals surface area contributed by atoms with E-state index in [1.165, 1.54) is 12.1 Å². The van der Waals surface area contributed by atoms with E-state index in [1.807, 2.05) is 13.8 Å². The van der Waals surface area contributed by atoms with Crippen LogP contribution in [0.2, 0.25) is 0 Å². The zero-order valence-electron chi connectivity index (χ0n) is 26.8. The lowest BCUT2D eigenvalue weighted by Crippen LogP contribution is -2.56. The number of aromatic hydroxyl groups is 1. The molecule has 0 fully saturated rings. The molecule has 3 N–H and O–H groups in total. The van der Waals surface area contributed by atoms with Crippen molar-refractivity contribution < 1.29 is 24.2 Å². The van der Waals surface area contributed by atoms with Gasteiger partial charge in [-0.1, -0.05) is 63.4 Å². The van der Waals surface area contributed by atoms with Gasteiger partial charge in [0.2, 0.25) is 11.8 Å². The molecular formula is C35H49N3O5. The molecule has 2 rings (SSSR count). The third-order valence-corrected chi connectivity index (χ3v) is 7.02. The van der Waals surface area contributed by atoms with Gasteiger partial charge in [0.25, 0.3) is 0 Å². The molecule has 8 heteroatoms. The van der Waals surface area contributed by atoms with Gasteiger partial charge in [-0.15, -0.1) is 6.42 Å². The Morgan fingerprint density at radius 3 is 2.26 bits per heavy atom. The predicted molar refractivity (Wildman–Crippen MR) is 170 cm³/mol. The van der Waals surface area contributed by atoms with Crippen molar-refractivity contribution in [2.45, 2.75) is 104 Å². The van der Waals surface area contributed by atoms with E-state index in [4.69, 9.17) is 11.2 Å². The normalized spacial score (nSPS) is 13.4. The summed E-state index contributed by atoms with van der Waals surface area (Å²) in [5.41, 5.74) is 0.995. The van der Waals surface area contributed by atoms with Gasteiger partial charge in [-0.3, -0.25) is 9.59 Å². The van der Waals surface area contributed by atoms with Crippen molar-refractivity contribution in [3.63, 3.8) is 0 Å². The van der Waals surface area contributed by atoms with Gasteiger partial charge in [-0.05, 0) is 82.2 Å². The number of phenolic OH excluding ortho intramolecular Hbond substituents is 1. The molecule has 8 nitrogen and oxygen atoms in total. The second-order valence-corrected chi connectivity index (χ2v) is 12.4. The van der Waals surface area contributed by atoms with E-state index in [-0.39, 0.29) is 24.1 Å². The molecule has 0 heterocycles. The average Bonchev–Trinajstić information content (AvgIpc) is 2.94. The molecule has 0 radical (unpaired) electrons. The van der Waals surface area contributed by atoms with Crippen LogP contribution < -0.4 is 10.6 Å². The zero-order chi connectivity index (χ0) is 32.2. The number of ether oxygens (including phenoxy) is 1. The van der Waals surface area contributed by atoms with Crippen molar-refractivity contribution in [3.8, 4) is 18.1 Å². The molecule has 3 amide bonds. The molecule has 234 valence electrons. The van der Waals surface area contributed by atoms with Gasteiger partial charge >= 0.3 is 6.09 Å². The standard InChI is InChI=1S/C35H49N3O5/c1-9-11-22-36-32(40)31(29-15-13-12-14-27(29)10-2)38(25(5)17-16-24(3)4)33(41)30(37-34(42)43-35(6,7)8)23-26-18-20-28(39)21-19-26/h2,12-15,18-21,24-25,30-31,39H,9,11,16-17,22-23H2,1,3-8H3,(H,36,40)(H,37,42). The fourth-order valence-corrected chi connectivity index (χ4v) is 4.78. The maximum atomic E-state index is 14.7. The Labute approximate surface area is 257 Å². The van der Waals surface area contributed by atoms with Crippen LogP contribution in [0.25, 0.3) is 0 Å². The summed E-state index contributed by atoms with van der Waals surface area (Å²) in [4.78, 5) is 43.3. The number of alkyl carbamates (subject to hydrolysis) is 1. The predicted octanol–water partition coefficient (Wildman–Crippen LogP) is 6.12. The number of nitrogens with one attached hydrogen (secondary N) is 2. The quantitative estimate of drug-likeness (QED) is 0.181. The van der Waals surface area contributed by atoms with Crippen LogP contribution in [-0.4, -0.2) is 52.1 Å². The summed E-state index contributed by atoms with van der Waals surface area (Å²) < 4.78 is 5.52. The SMILES string of the molecule is C#Cc1ccccc1C(C(=O)NCCCC)N(C(=O)C(Cc1ccc(O)cc1)NC(=O)OC(C)(C)C)C(C)CCC(C)C. The summed E-state index contributed by atoms with van der Waals surface area (Å²) in [7, 11) is 0. The number of benzene rings is 2. The van der Waals surface area contributed by atoms with Crippen LogP contribution in [0.4, 0.5) is 4.79 Å². The maximum absolute atomic E-state index is 14.7. The summed E-state index contributed by atoms with van der Waals surface area (Å²) in [5, 5.41) is 15.6. The third-order valence-electron chi connectivity index (χ3n) is 7.02. The summed E-state index contributed by atoms with van der Waals surface area (Å²) in [6.45, 7) is 13.9. The first-order valence-electron chi connectivity index (χ1n) is 15.2. The first kappa shape index (κ1) is 35.2. The molecule has 3 unspecified atom stereocenters. The Morgan fingerprint density at radius 2 is 1.67 bits per heavy atom. The number of terminal acetylenes is 1. The minimum Gasteiger partial charge on any atom is -0.508 e. The van der Waals surface area contributed by atoms with E-state index in [9.17, 15) is 19.5 Å². The van der Waals surface area contributed by atoms with Crippen LogP contribution in [0.15, 0.2) is 48.5 Å². The van der Waals surface area contributed by atoms with Crippen molar-refractivity contribution in [1.82, 2.24) is 15.5 Å². The number of hydrogen-bond donors (Lipinski definition) is 3. The lowest BCUT2D eigenvalue weighted by atomic mass is 9.93. The van der Waals surface area contributed by atoms with E-state index in [1.54, 1.807) is 62.1 Å². The molecule has 0 aliphatic rings. The molecule has 0 bridgehead atoms. The first-order chi connectivity index (χ1) is 20.3. The third kappa shape index (κ3) is 11.3. The van der Waals surface area contributed by atoms with E-state index in [0.29, 0.717) is 30.0 Å².